The first-order chi connectivity index (χ1) is 7.54. The van der Waals surface area contributed by atoms with Gasteiger partial charge in [0.05, 0.1) is 27.7 Å². The van der Waals surface area contributed by atoms with Crippen LogP contribution in [0.15, 0.2) is 22.4 Å². The van der Waals surface area contributed by atoms with Crippen LogP contribution in [0.5, 0.6) is 0 Å². The van der Waals surface area contributed by atoms with Crippen LogP contribution in [0.2, 0.25) is 15.1 Å². The zero-order valence-corrected chi connectivity index (χ0v) is 10.5. The van der Waals surface area contributed by atoms with Gasteiger partial charge in [-0.05, 0) is 19.1 Å². The van der Waals surface area contributed by atoms with Crippen molar-refractivity contribution in [1.29, 1.82) is 0 Å². The van der Waals surface area contributed by atoms with Gasteiger partial charge in [-0.2, -0.15) is 5.10 Å². The Kier molecular flexibility index (Phi) is 4.86. The molecular weight excluding hydrogens is 272 g/mol. The van der Waals surface area contributed by atoms with Crippen LogP contribution in [0.3, 0.4) is 0 Å². The Labute approximate surface area is 107 Å². The lowest BCUT2D eigenvalue weighted by molar-refractivity contribution is 0.322. The summed E-state index contributed by atoms with van der Waals surface area (Å²) in [5, 5.41) is 16.1. The quantitative estimate of drug-likeness (QED) is 0.501. The van der Waals surface area contributed by atoms with E-state index in [4.69, 9.17) is 40.0 Å². The van der Waals surface area contributed by atoms with Gasteiger partial charge in [0, 0.05) is 5.02 Å². The molecule has 2 N–H and O–H groups in total. The average Bonchev–Trinajstić information content (AvgIpc) is 2.16. The Morgan fingerprint density at radius 2 is 1.88 bits per heavy atom. The second-order valence-electron chi connectivity index (χ2n) is 2.85. The summed E-state index contributed by atoms with van der Waals surface area (Å²) in [5.74, 6) is 0. The molecule has 0 radical (unpaired) electrons. The molecule has 0 fully saturated rings. The van der Waals surface area contributed by atoms with Crippen molar-refractivity contribution in [3.05, 3.63) is 27.2 Å². The largest absolute Gasteiger partial charge is 0.411 e. The molecule has 0 spiro atoms. The van der Waals surface area contributed by atoms with Crippen molar-refractivity contribution in [2.45, 2.75) is 6.92 Å². The standard InChI is InChI=1S/C9H8Cl3N3O/c1-5(4-13-16)14-15-9-7(11)2-6(10)3-8(9)12/h2-4,15-16H,1H3/b13-4+,14-5+. The Morgan fingerprint density at radius 1 is 1.31 bits per heavy atom. The Hall–Kier alpha value is -0.970. The van der Waals surface area contributed by atoms with Crippen molar-refractivity contribution >= 4 is 52.4 Å². The first kappa shape index (κ1) is 13.1. The zero-order chi connectivity index (χ0) is 12.1. The third-order valence-corrected chi connectivity index (χ3v) is 2.41. The van der Waals surface area contributed by atoms with Crippen molar-refractivity contribution < 1.29 is 5.21 Å². The van der Waals surface area contributed by atoms with Crippen molar-refractivity contribution in [3.8, 4) is 0 Å². The predicted molar refractivity (Wildman–Crippen MR) is 68.5 cm³/mol. The topological polar surface area (TPSA) is 57.0 Å². The molecule has 0 aliphatic carbocycles. The van der Waals surface area contributed by atoms with Crippen LogP contribution in [0.1, 0.15) is 6.92 Å². The number of nitrogens with one attached hydrogen (secondary N) is 1. The Bertz CT molecular complexity index is 423. The molecule has 0 aliphatic rings. The van der Waals surface area contributed by atoms with Crippen molar-refractivity contribution in [2.75, 3.05) is 5.43 Å². The van der Waals surface area contributed by atoms with E-state index in [2.05, 4.69) is 15.7 Å². The molecular formula is C9H8Cl3N3O. The minimum Gasteiger partial charge on any atom is -0.411 e. The lowest BCUT2D eigenvalue weighted by Gasteiger charge is -2.06. The van der Waals surface area contributed by atoms with E-state index in [0.717, 1.165) is 0 Å². The van der Waals surface area contributed by atoms with Crippen molar-refractivity contribution in [2.24, 2.45) is 10.3 Å². The number of oxime groups is 1. The number of halogens is 3. The summed E-state index contributed by atoms with van der Waals surface area (Å²) in [4.78, 5) is 0. The second-order valence-corrected chi connectivity index (χ2v) is 4.10. The van der Waals surface area contributed by atoms with Crippen LogP contribution in [0.4, 0.5) is 5.69 Å². The van der Waals surface area contributed by atoms with E-state index in [0.29, 0.717) is 26.5 Å². The number of hydrogen-bond acceptors (Lipinski definition) is 4. The molecule has 0 heterocycles. The third-order valence-electron chi connectivity index (χ3n) is 1.60. The Balaban J connectivity index is 2.94. The van der Waals surface area contributed by atoms with Crippen molar-refractivity contribution in [1.82, 2.24) is 0 Å². The van der Waals surface area contributed by atoms with Gasteiger partial charge in [0.1, 0.15) is 0 Å². The molecule has 0 amide bonds. The van der Waals surface area contributed by atoms with Gasteiger partial charge < -0.3 is 5.21 Å². The molecule has 86 valence electrons. The van der Waals surface area contributed by atoms with E-state index in [1.54, 1.807) is 19.1 Å². The normalized spacial score (nSPS) is 12.1. The molecule has 0 saturated heterocycles. The zero-order valence-electron chi connectivity index (χ0n) is 8.21. The summed E-state index contributed by atoms with van der Waals surface area (Å²) >= 11 is 17.6. The molecule has 4 nitrogen and oxygen atoms in total. The summed E-state index contributed by atoms with van der Waals surface area (Å²) in [6.07, 6.45) is 1.17. The molecule has 0 aromatic heterocycles. The van der Waals surface area contributed by atoms with E-state index in [1.165, 1.54) is 6.21 Å². The van der Waals surface area contributed by atoms with E-state index in [1.807, 2.05) is 0 Å². The summed E-state index contributed by atoms with van der Waals surface area (Å²) in [6, 6.07) is 3.09. The maximum Gasteiger partial charge on any atom is 0.0935 e. The maximum atomic E-state index is 8.27. The van der Waals surface area contributed by atoms with Crippen LogP contribution >= 0.6 is 34.8 Å². The minimum atomic E-state index is 0.356. The monoisotopic (exact) mass is 279 g/mol. The van der Waals surface area contributed by atoms with E-state index < -0.39 is 0 Å². The van der Waals surface area contributed by atoms with E-state index >= 15 is 0 Å². The number of nitrogens with zero attached hydrogens (tertiary/aromatic N) is 2. The first-order valence-electron chi connectivity index (χ1n) is 4.17. The lowest BCUT2D eigenvalue weighted by Crippen LogP contribution is -1.99. The number of anilines is 1. The fourth-order valence-electron chi connectivity index (χ4n) is 0.906. The van der Waals surface area contributed by atoms with Gasteiger partial charge in [0.2, 0.25) is 0 Å². The first-order valence-corrected chi connectivity index (χ1v) is 5.30. The number of benzene rings is 1. The van der Waals surface area contributed by atoms with Crippen molar-refractivity contribution in [3.63, 3.8) is 0 Å². The summed E-state index contributed by atoms with van der Waals surface area (Å²) < 4.78 is 0. The summed E-state index contributed by atoms with van der Waals surface area (Å²) in [7, 11) is 0. The van der Waals surface area contributed by atoms with E-state index in [-0.39, 0.29) is 0 Å². The van der Waals surface area contributed by atoms with Gasteiger partial charge >= 0.3 is 0 Å². The van der Waals surface area contributed by atoms with Gasteiger partial charge in [0.15, 0.2) is 0 Å². The van der Waals surface area contributed by atoms with Crippen LogP contribution in [0.25, 0.3) is 0 Å². The number of rotatable bonds is 3. The van der Waals surface area contributed by atoms with Crippen LogP contribution in [-0.2, 0) is 0 Å². The molecule has 7 heteroatoms. The average molecular weight is 281 g/mol. The maximum absolute atomic E-state index is 8.27. The molecule has 0 bridgehead atoms. The molecule has 0 atom stereocenters. The van der Waals surface area contributed by atoms with E-state index in [9.17, 15) is 0 Å². The predicted octanol–water partition coefficient (Wildman–Crippen LogP) is 3.89. The molecule has 1 aromatic rings. The Morgan fingerprint density at radius 3 is 2.38 bits per heavy atom. The van der Waals surface area contributed by atoms with Gasteiger partial charge in [-0.15, -0.1) is 0 Å². The molecule has 0 unspecified atom stereocenters. The fraction of sp³-hybridized carbons (Fsp3) is 0.111. The minimum absolute atomic E-state index is 0.356. The van der Waals surface area contributed by atoms with Gasteiger partial charge in [-0.3, -0.25) is 5.43 Å². The molecule has 0 aliphatic heterocycles. The highest BCUT2D eigenvalue weighted by atomic mass is 35.5. The lowest BCUT2D eigenvalue weighted by atomic mass is 10.3. The van der Waals surface area contributed by atoms with Crippen LogP contribution in [0, 0.1) is 0 Å². The molecule has 1 aromatic carbocycles. The van der Waals surface area contributed by atoms with Crippen LogP contribution < -0.4 is 5.43 Å². The highest BCUT2D eigenvalue weighted by molar-refractivity contribution is 6.41. The summed E-state index contributed by atoms with van der Waals surface area (Å²) in [5.41, 5.74) is 3.56. The highest BCUT2D eigenvalue weighted by Crippen LogP contribution is 2.33. The number of hydrazone groups is 1. The molecule has 0 saturated carbocycles. The SMILES string of the molecule is CC(/C=N/O)=N\Nc1c(Cl)cc(Cl)cc1Cl. The molecule has 1 rings (SSSR count). The van der Waals surface area contributed by atoms with Crippen LogP contribution in [-0.4, -0.2) is 17.1 Å². The van der Waals surface area contributed by atoms with Gasteiger partial charge in [0.25, 0.3) is 0 Å². The van der Waals surface area contributed by atoms with Gasteiger partial charge in [-0.1, -0.05) is 40.0 Å². The smallest absolute Gasteiger partial charge is 0.0935 e. The third kappa shape index (κ3) is 3.56. The fourth-order valence-corrected chi connectivity index (χ4v) is 1.81. The molecule has 16 heavy (non-hydrogen) atoms. The highest BCUT2D eigenvalue weighted by Gasteiger charge is 2.06. The van der Waals surface area contributed by atoms with Gasteiger partial charge in [-0.25, -0.2) is 0 Å². The summed E-state index contributed by atoms with van der Waals surface area (Å²) in [6.45, 7) is 1.64. The second kappa shape index (κ2) is 5.94. The number of hydrogen-bond donors (Lipinski definition) is 2.